The Morgan fingerprint density at radius 3 is 2.24 bits per heavy atom. The first kappa shape index (κ1) is 23.5. The Morgan fingerprint density at radius 1 is 0.794 bits per heavy atom. The molecule has 0 aromatic heterocycles. The average Bonchev–Trinajstić information content (AvgIpc) is 2.83. The van der Waals surface area contributed by atoms with Gasteiger partial charge in [0.25, 0.3) is 15.9 Å². The maximum Gasteiger partial charge on any atom is 0.263 e. The van der Waals surface area contributed by atoms with E-state index in [-0.39, 0.29) is 15.5 Å². The molecule has 4 rings (SSSR count). The average molecular weight is 491 g/mol. The second kappa shape index (κ2) is 9.71. The van der Waals surface area contributed by atoms with Gasteiger partial charge >= 0.3 is 0 Å². The Balaban J connectivity index is 1.64. The first-order valence-electron chi connectivity index (χ1n) is 10.6. The molecule has 0 atom stereocenters. The lowest BCUT2D eigenvalue weighted by Gasteiger charge is -2.15. The highest BCUT2D eigenvalue weighted by Crippen LogP contribution is 2.30. The van der Waals surface area contributed by atoms with Crippen molar-refractivity contribution in [2.24, 2.45) is 0 Å². The molecule has 0 aliphatic heterocycles. The molecule has 34 heavy (non-hydrogen) atoms. The summed E-state index contributed by atoms with van der Waals surface area (Å²) in [5.74, 6) is -0.441. The first-order valence-corrected chi connectivity index (χ1v) is 12.5. The third-order valence-corrected chi connectivity index (χ3v) is 7.44. The van der Waals surface area contributed by atoms with Crippen LogP contribution in [0.2, 0.25) is 5.02 Å². The van der Waals surface area contributed by atoms with Gasteiger partial charge in [-0.2, -0.15) is 0 Å². The van der Waals surface area contributed by atoms with Crippen LogP contribution < -0.4 is 10.0 Å². The zero-order valence-corrected chi connectivity index (χ0v) is 20.2. The molecule has 172 valence electrons. The molecule has 4 aromatic carbocycles. The summed E-state index contributed by atoms with van der Waals surface area (Å²) >= 11 is 6.24. The molecule has 0 heterocycles. The van der Waals surface area contributed by atoms with Crippen molar-refractivity contribution < 1.29 is 13.2 Å². The van der Waals surface area contributed by atoms with E-state index in [1.54, 1.807) is 18.2 Å². The van der Waals surface area contributed by atoms with Gasteiger partial charge in [-0.3, -0.25) is 9.52 Å². The van der Waals surface area contributed by atoms with E-state index in [0.717, 1.165) is 22.3 Å². The van der Waals surface area contributed by atoms with Gasteiger partial charge in [-0.25, -0.2) is 8.42 Å². The highest BCUT2D eigenvalue weighted by Gasteiger charge is 2.22. The Hall–Kier alpha value is -3.61. The van der Waals surface area contributed by atoms with E-state index >= 15 is 0 Å². The molecule has 0 unspecified atom stereocenters. The highest BCUT2D eigenvalue weighted by atomic mass is 35.5. The van der Waals surface area contributed by atoms with Crippen molar-refractivity contribution in [1.82, 2.24) is 0 Å². The van der Waals surface area contributed by atoms with E-state index in [4.69, 9.17) is 11.6 Å². The van der Waals surface area contributed by atoms with Crippen LogP contribution in [-0.2, 0) is 10.0 Å². The summed E-state index contributed by atoms with van der Waals surface area (Å²) in [5.41, 5.74) is 4.83. The van der Waals surface area contributed by atoms with E-state index in [9.17, 15) is 13.2 Å². The number of nitrogens with one attached hydrogen (secondary N) is 2. The number of rotatable bonds is 6. The number of sulfonamides is 1. The first-order chi connectivity index (χ1) is 16.3. The van der Waals surface area contributed by atoms with E-state index in [1.807, 2.05) is 68.4 Å². The van der Waals surface area contributed by atoms with Crippen molar-refractivity contribution in [2.75, 3.05) is 10.0 Å². The molecule has 0 saturated carbocycles. The second-order valence-electron chi connectivity index (χ2n) is 7.86. The molecule has 0 bridgehead atoms. The zero-order valence-electron chi connectivity index (χ0n) is 18.7. The topological polar surface area (TPSA) is 75.3 Å². The SMILES string of the molecule is Cc1cccc(NS(=O)(=O)c2cc(C(=O)Nc3ccccc3-c3ccccc3)ccc2Cl)c1C. The zero-order chi connectivity index (χ0) is 24.3. The number of halogens is 1. The van der Waals surface area contributed by atoms with Crippen LogP contribution in [0.1, 0.15) is 21.5 Å². The Kier molecular flexibility index (Phi) is 6.72. The number of hydrogen-bond acceptors (Lipinski definition) is 3. The van der Waals surface area contributed by atoms with Gasteiger partial charge in [0, 0.05) is 16.8 Å². The number of aryl methyl sites for hydroxylation is 1. The standard InChI is InChI=1S/C27H23ClN2O3S/c1-18-9-8-14-24(19(18)2)30-34(32,33)26-17-21(15-16-23(26)28)27(31)29-25-13-7-6-12-22(25)20-10-4-3-5-11-20/h3-17,30H,1-2H3,(H,29,31). The predicted molar refractivity (Wildman–Crippen MR) is 138 cm³/mol. The monoisotopic (exact) mass is 490 g/mol. The molecule has 0 spiro atoms. The van der Waals surface area contributed by atoms with Crippen molar-refractivity contribution in [3.8, 4) is 11.1 Å². The molecule has 2 N–H and O–H groups in total. The van der Waals surface area contributed by atoms with Crippen LogP contribution in [0, 0.1) is 13.8 Å². The Morgan fingerprint density at radius 2 is 1.47 bits per heavy atom. The summed E-state index contributed by atoms with van der Waals surface area (Å²) in [6.45, 7) is 3.74. The second-order valence-corrected chi connectivity index (χ2v) is 9.92. The molecule has 0 aliphatic carbocycles. The summed E-state index contributed by atoms with van der Waals surface area (Å²) in [7, 11) is -4.03. The minimum absolute atomic E-state index is 0.0269. The molecular formula is C27H23ClN2O3S. The highest BCUT2D eigenvalue weighted by molar-refractivity contribution is 7.92. The molecule has 0 fully saturated rings. The maximum absolute atomic E-state index is 13.1. The van der Waals surface area contributed by atoms with Gasteiger partial charge < -0.3 is 5.32 Å². The van der Waals surface area contributed by atoms with Gasteiger partial charge in [0.05, 0.1) is 10.7 Å². The third-order valence-electron chi connectivity index (χ3n) is 5.59. The van der Waals surface area contributed by atoms with Crippen LogP contribution in [0.15, 0.2) is 95.9 Å². The summed E-state index contributed by atoms with van der Waals surface area (Å²) in [4.78, 5) is 12.9. The van der Waals surface area contributed by atoms with Gasteiger partial charge in [-0.05, 0) is 60.9 Å². The van der Waals surface area contributed by atoms with Crippen LogP contribution in [0.4, 0.5) is 11.4 Å². The lowest BCUT2D eigenvalue weighted by Crippen LogP contribution is -2.17. The van der Waals surface area contributed by atoms with Crippen molar-refractivity contribution in [3.05, 3.63) is 113 Å². The van der Waals surface area contributed by atoms with E-state index in [1.165, 1.54) is 18.2 Å². The Bertz CT molecular complexity index is 1470. The number of hydrogen-bond donors (Lipinski definition) is 2. The normalized spacial score (nSPS) is 11.1. The van der Waals surface area contributed by atoms with Gasteiger partial charge in [0.1, 0.15) is 4.90 Å². The number of carbonyl (C=O) groups is 1. The van der Waals surface area contributed by atoms with Crippen LogP contribution >= 0.6 is 11.6 Å². The van der Waals surface area contributed by atoms with E-state index in [2.05, 4.69) is 10.0 Å². The number of carbonyl (C=O) groups excluding carboxylic acids is 1. The third kappa shape index (κ3) is 4.98. The number of para-hydroxylation sites is 1. The minimum Gasteiger partial charge on any atom is -0.321 e. The molecule has 5 nitrogen and oxygen atoms in total. The van der Waals surface area contributed by atoms with Crippen molar-refractivity contribution in [1.29, 1.82) is 0 Å². The van der Waals surface area contributed by atoms with Crippen molar-refractivity contribution >= 4 is 38.9 Å². The van der Waals surface area contributed by atoms with E-state index in [0.29, 0.717) is 11.4 Å². The number of benzene rings is 4. The van der Waals surface area contributed by atoms with Crippen molar-refractivity contribution in [3.63, 3.8) is 0 Å². The van der Waals surface area contributed by atoms with Gasteiger partial charge in [-0.1, -0.05) is 72.3 Å². The van der Waals surface area contributed by atoms with Crippen LogP contribution in [0.5, 0.6) is 0 Å². The van der Waals surface area contributed by atoms with Gasteiger partial charge in [0.2, 0.25) is 0 Å². The van der Waals surface area contributed by atoms with Gasteiger partial charge in [0.15, 0.2) is 0 Å². The maximum atomic E-state index is 13.1. The lowest BCUT2D eigenvalue weighted by molar-refractivity contribution is 0.102. The number of amides is 1. The fourth-order valence-corrected chi connectivity index (χ4v) is 5.22. The predicted octanol–water partition coefficient (Wildman–Crippen LogP) is 6.68. The van der Waals surface area contributed by atoms with Gasteiger partial charge in [-0.15, -0.1) is 0 Å². The molecule has 7 heteroatoms. The summed E-state index contributed by atoms with van der Waals surface area (Å²) in [6, 6.07) is 26.7. The quantitative estimate of drug-likeness (QED) is 0.316. The smallest absolute Gasteiger partial charge is 0.263 e. The summed E-state index contributed by atoms with van der Waals surface area (Å²) in [6.07, 6.45) is 0. The van der Waals surface area contributed by atoms with E-state index < -0.39 is 15.9 Å². The van der Waals surface area contributed by atoms with Crippen LogP contribution in [0.25, 0.3) is 11.1 Å². The largest absolute Gasteiger partial charge is 0.321 e. The molecule has 0 saturated heterocycles. The molecular weight excluding hydrogens is 468 g/mol. The molecule has 4 aromatic rings. The summed E-state index contributed by atoms with van der Waals surface area (Å²) < 4.78 is 28.8. The molecule has 0 radical (unpaired) electrons. The molecule has 1 amide bonds. The Labute approximate surface area is 204 Å². The van der Waals surface area contributed by atoms with Crippen LogP contribution in [0.3, 0.4) is 0 Å². The number of anilines is 2. The minimum atomic E-state index is -4.03. The lowest BCUT2D eigenvalue weighted by atomic mass is 10.0. The summed E-state index contributed by atoms with van der Waals surface area (Å²) in [5, 5.41) is 2.92. The van der Waals surface area contributed by atoms with Crippen LogP contribution in [-0.4, -0.2) is 14.3 Å². The fourth-order valence-electron chi connectivity index (χ4n) is 3.57. The van der Waals surface area contributed by atoms with Crippen molar-refractivity contribution in [2.45, 2.75) is 18.7 Å². The fraction of sp³-hybridized carbons (Fsp3) is 0.0741. The molecule has 0 aliphatic rings.